The molecule has 8 heteroatoms. The Labute approximate surface area is 176 Å². The van der Waals surface area contributed by atoms with Gasteiger partial charge in [0.2, 0.25) is 5.82 Å². The van der Waals surface area contributed by atoms with Gasteiger partial charge in [-0.25, -0.2) is 4.39 Å². The van der Waals surface area contributed by atoms with Crippen molar-refractivity contribution < 1.29 is 13.9 Å². The molecule has 2 aromatic rings. The molecule has 4 rings (SSSR count). The molecule has 0 bridgehead atoms. The predicted molar refractivity (Wildman–Crippen MR) is 110 cm³/mol. The lowest BCUT2D eigenvalue weighted by atomic mass is 9.78. The van der Waals surface area contributed by atoms with E-state index in [1.807, 2.05) is 30.5 Å². The lowest BCUT2D eigenvalue weighted by Crippen LogP contribution is -2.44. The second kappa shape index (κ2) is 8.81. The molecule has 1 fully saturated rings. The van der Waals surface area contributed by atoms with Crippen LogP contribution in [0.3, 0.4) is 0 Å². The fourth-order valence-electron chi connectivity index (χ4n) is 4.26. The molecule has 2 aliphatic rings. The molecule has 1 spiro atoms. The van der Waals surface area contributed by atoms with Crippen molar-refractivity contribution in [2.75, 3.05) is 19.7 Å². The summed E-state index contributed by atoms with van der Waals surface area (Å²) in [5, 5.41) is 11.3. The lowest BCUT2D eigenvalue weighted by Gasteiger charge is -2.41. The van der Waals surface area contributed by atoms with Crippen molar-refractivity contribution in [1.29, 1.82) is 0 Å². The first-order chi connectivity index (χ1) is 14.5. The molecule has 1 saturated heterocycles. The first-order valence-electron chi connectivity index (χ1n) is 10.8. The number of carbonyl (C=O) groups is 1. The molecule has 1 aromatic heterocycles. The first-order valence-corrected chi connectivity index (χ1v) is 10.8. The number of carbonyl (C=O) groups excluding carboxylic acids is 1. The van der Waals surface area contributed by atoms with Gasteiger partial charge >= 0.3 is 0 Å². The van der Waals surface area contributed by atoms with Gasteiger partial charge in [0.1, 0.15) is 12.4 Å². The third kappa shape index (κ3) is 4.39. The molecular formula is C22H30FN5O2. The van der Waals surface area contributed by atoms with E-state index in [1.54, 1.807) is 6.07 Å². The number of amides is 1. The van der Waals surface area contributed by atoms with Crippen LogP contribution >= 0.6 is 0 Å². The summed E-state index contributed by atoms with van der Waals surface area (Å²) in [6, 6.07) is 7.05. The minimum atomic E-state index is -0.183. The summed E-state index contributed by atoms with van der Waals surface area (Å²) < 4.78 is 21.9. The van der Waals surface area contributed by atoms with Gasteiger partial charge in [0.15, 0.2) is 5.82 Å². The fourth-order valence-corrected chi connectivity index (χ4v) is 4.26. The Kier molecular flexibility index (Phi) is 6.15. The molecule has 1 amide bonds. The topological polar surface area (TPSA) is 72.3 Å². The van der Waals surface area contributed by atoms with Gasteiger partial charge in [0.05, 0.1) is 6.61 Å². The second-order valence-corrected chi connectivity index (χ2v) is 8.67. The molecule has 0 unspecified atom stereocenters. The summed E-state index contributed by atoms with van der Waals surface area (Å²) in [7, 11) is 0. The average molecular weight is 416 g/mol. The molecule has 0 radical (unpaired) electrons. The zero-order valence-corrected chi connectivity index (χ0v) is 17.7. The van der Waals surface area contributed by atoms with Gasteiger partial charge in [-0.3, -0.25) is 9.69 Å². The molecule has 0 aliphatic carbocycles. The van der Waals surface area contributed by atoms with Crippen LogP contribution in [0.4, 0.5) is 4.39 Å². The Morgan fingerprint density at radius 2 is 2.07 bits per heavy atom. The van der Waals surface area contributed by atoms with Crippen LogP contribution in [-0.2, 0) is 24.4 Å². The highest BCUT2D eigenvalue weighted by Gasteiger charge is 2.39. The number of fused-ring (bicyclic) bond motifs is 1. The maximum absolute atomic E-state index is 14.0. The summed E-state index contributed by atoms with van der Waals surface area (Å²) in [5.74, 6) is 0.734. The number of nitrogens with one attached hydrogen (secondary N) is 1. The van der Waals surface area contributed by atoms with Crippen LogP contribution in [-0.4, -0.2) is 51.3 Å². The molecule has 162 valence electrons. The molecule has 1 atom stereocenters. The highest BCUT2D eigenvalue weighted by atomic mass is 19.1. The van der Waals surface area contributed by atoms with Crippen LogP contribution in [0.15, 0.2) is 24.3 Å². The van der Waals surface area contributed by atoms with E-state index in [0.29, 0.717) is 38.0 Å². The van der Waals surface area contributed by atoms with Gasteiger partial charge in [-0.15, -0.1) is 10.2 Å². The van der Waals surface area contributed by atoms with Crippen LogP contribution in [0.2, 0.25) is 0 Å². The van der Waals surface area contributed by atoms with E-state index >= 15 is 0 Å². The van der Waals surface area contributed by atoms with Gasteiger partial charge in [-0.1, -0.05) is 25.1 Å². The quantitative estimate of drug-likeness (QED) is 0.813. The summed E-state index contributed by atoms with van der Waals surface area (Å²) in [6.45, 7) is 8.03. The Morgan fingerprint density at radius 3 is 2.80 bits per heavy atom. The number of nitrogens with zero attached hydrogens (tertiary/aromatic N) is 4. The van der Waals surface area contributed by atoms with Gasteiger partial charge in [0, 0.05) is 30.1 Å². The van der Waals surface area contributed by atoms with Crippen molar-refractivity contribution in [2.24, 2.45) is 5.41 Å². The van der Waals surface area contributed by atoms with Crippen molar-refractivity contribution >= 4 is 5.91 Å². The highest BCUT2D eigenvalue weighted by molar-refractivity contribution is 5.90. The normalized spacial score (nSPS) is 19.8. The van der Waals surface area contributed by atoms with E-state index in [0.717, 1.165) is 37.9 Å². The number of hydrogen-bond acceptors (Lipinski definition) is 5. The van der Waals surface area contributed by atoms with E-state index < -0.39 is 0 Å². The monoisotopic (exact) mass is 415 g/mol. The zero-order valence-electron chi connectivity index (χ0n) is 17.7. The van der Waals surface area contributed by atoms with Gasteiger partial charge < -0.3 is 14.6 Å². The largest absolute Gasteiger partial charge is 0.373 e. The number of piperidine rings is 1. The van der Waals surface area contributed by atoms with Crippen LogP contribution in [0.25, 0.3) is 0 Å². The standard InChI is InChI=1S/C22H30FN5O2/c1-3-16(2)24-21(29)20-26-25-19-13-30-15-22(14-28(19)20)8-10-27(11-9-22)12-17-6-4-5-7-18(17)23/h4-7,16H,3,8-15H2,1-2H3,(H,24,29)/t16-/m1/s1. The Balaban J connectivity index is 1.45. The number of benzene rings is 1. The molecule has 0 saturated carbocycles. The Hall–Kier alpha value is -2.32. The maximum Gasteiger partial charge on any atom is 0.289 e. The molecule has 1 N–H and O–H groups in total. The van der Waals surface area contributed by atoms with Crippen LogP contribution in [0.5, 0.6) is 0 Å². The van der Waals surface area contributed by atoms with Gasteiger partial charge in [-0.05, 0) is 45.3 Å². The van der Waals surface area contributed by atoms with Crippen LogP contribution in [0, 0.1) is 11.2 Å². The second-order valence-electron chi connectivity index (χ2n) is 8.67. The minimum absolute atomic E-state index is 0.0647. The number of ether oxygens (including phenoxy) is 1. The van der Waals surface area contributed by atoms with Crippen molar-refractivity contribution in [1.82, 2.24) is 25.0 Å². The molecule has 2 aliphatic heterocycles. The number of rotatable bonds is 5. The molecule has 1 aromatic carbocycles. The Morgan fingerprint density at radius 1 is 1.30 bits per heavy atom. The van der Waals surface area contributed by atoms with E-state index in [1.165, 1.54) is 6.07 Å². The number of hydrogen-bond donors (Lipinski definition) is 1. The summed E-state index contributed by atoms with van der Waals surface area (Å²) in [4.78, 5) is 15.0. The van der Waals surface area contributed by atoms with Crippen molar-refractivity contribution in [3.05, 3.63) is 47.3 Å². The summed E-state index contributed by atoms with van der Waals surface area (Å²) in [6.07, 6.45) is 2.70. The van der Waals surface area contributed by atoms with Crippen LogP contribution in [0.1, 0.15) is 55.1 Å². The number of likely N-dealkylation sites (tertiary alicyclic amines) is 1. The van der Waals surface area contributed by atoms with E-state index in [2.05, 4.69) is 20.4 Å². The third-order valence-corrected chi connectivity index (χ3v) is 6.42. The lowest BCUT2D eigenvalue weighted by molar-refractivity contribution is -0.00586. The van der Waals surface area contributed by atoms with Crippen molar-refractivity contribution in [2.45, 2.75) is 58.8 Å². The van der Waals surface area contributed by atoms with E-state index in [4.69, 9.17) is 4.74 Å². The van der Waals surface area contributed by atoms with Gasteiger partial charge in [-0.2, -0.15) is 0 Å². The minimum Gasteiger partial charge on any atom is -0.373 e. The average Bonchev–Trinajstić information content (AvgIpc) is 3.05. The maximum atomic E-state index is 14.0. The van der Waals surface area contributed by atoms with Gasteiger partial charge in [0.25, 0.3) is 5.91 Å². The molecule has 30 heavy (non-hydrogen) atoms. The molecule has 7 nitrogen and oxygen atoms in total. The summed E-state index contributed by atoms with van der Waals surface area (Å²) >= 11 is 0. The third-order valence-electron chi connectivity index (χ3n) is 6.42. The molecule has 3 heterocycles. The SMILES string of the molecule is CC[C@@H](C)NC(=O)c1nnc2n1CC1(CCN(Cc3ccccc3F)CC1)COC2. The van der Waals surface area contributed by atoms with E-state index in [-0.39, 0.29) is 23.2 Å². The van der Waals surface area contributed by atoms with E-state index in [9.17, 15) is 9.18 Å². The van der Waals surface area contributed by atoms with Crippen molar-refractivity contribution in [3.8, 4) is 0 Å². The summed E-state index contributed by atoms with van der Waals surface area (Å²) in [5.41, 5.74) is 0.667. The Bertz CT molecular complexity index is 891. The molecular weight excluding hydrogens is 385 g/mol. The predicted octanol–water partition coefficient (Wildman–Crippen LogP) is 2.76. The zero-order chi connectivity index (χ0) is 21.1. The van der Waals surface area contributed by atoms with Crippen LogP contribution < -0.4 is 5.32 Å². The number of aromatic nitrogens is 3. The smallest absolute Gasteiger partial charge is 0.289 e. The first kappa shape index (κ1) is 20.9. The fraction of sp³-hybridized carbons (Fsp3) is 0.591. The van der Waals surface area contributed by atoms with Crippen molar-refractivity contribution in [3.63, 3.8) is 0 Å². The highest BCUT2D eigenvalue weighted by Crippen LogP contribution is 2.37. The number of halogens is 1.